The van der Waals surface area contributed by atoms with E-state index in [1.165, 1.54) is 11.8 Å². The number of hydrogen-bond acceptors (Lipinski definition) is 5. The molecule has 0 N–H and O–H groups in total. The van der Waals surface area contributed by atoms with Crippen LogP contribution < -0.4 is 0 Å². The number of benzene rings is 3. The molecule has 172 valence electrons. The van der Waals surface area contributed by atoms with E-state index in [9.17, 15) is 4.79 Å². The SMILES string of the molecule is O=C1/C(=C/c2ccc(Cl)cc2)S/C(=N\N=C\c2ccc(-c3ccccc3)cc2)N1Cc1ccco1. The maximum atomic E-state index is 13.2. The molecule has 7 heteroatoms. The van der Waals surface area contributed by atoms with Gasteiger partial charge in [0.2, 0.25) is 0 Å². The molecule has 5 rings (SSSR count). The molecule has 35 heavy (non-hydrogen) atoms. The Balaban J connectivity index is 1.37. The van der Waals surface area contributed by atoms with E-state index in [2.05, 4.69) is 22.3 Å². The molecule has 5 nitrogen and oxygen atoms in total. The van der Waals surface area contributed by atoms with E-state index >= 15 is 0 Å². The average molecular weight is 498 g/mol. The van der Waals surface area contributed by atoms with E-state index < -0.39 is 0 Å². The number of amides is 1. The number of hydrogen-bond donors (Lipinski definition) is 0. The van der Waals surface area contributed by atoms with E-state index in [0.717, 1.165) is 22.3 Å². The standard InChI is InChI=1S/C28H20ClN3O2S/c29-24-14-10-20(11-15-24)17-26-27(33)32(19-25-7-4-16-34-25)28(35-26)31-30-18-21-8-12-23(13-9-21)22-5-2-1-3-6-22/h1-18H,19H2/b26-17-,30-18+,31-28-. The zero-order valence-corrected chi connectivity index (χ0v) is 20.1. The molecule has 0 aliphatic carbocycles. The Kier molecular flexibility index (Phi) is 6.93. The van der Waals surface area contributed by atoms with Gasteiger partial charge in [0.15, 0.2) is 5.17 Å². The zero-order chi connectivity index (χ0) is 24.0. The number of halogens is 1. The van der Waals surface area contributed by atoms with Crippen LogP contribution >= 0.6 is 23.4 Å². The van der Waals surface area contributed by atoms with Gasteiger partial charge in [0.05, 0.1) is 23.9 Å². The minimum absolute atomic E-state index is 0.150. The van der Waals surface area contributed by atoms with Crippen LogP contribution in [0.25, 0.3) is 17.2 Å². The van der Waals surface area contributed by atoms with Gasteiger partial charge >= 0.3 is 0 Å². The van der Waals surface area contributed by atoms with Crippen LogP contribution in [0.4, 0.5) is 0 Å². The van der Waals surface area contributed by atoms with Crippen molar-refractivity contribution in [2.75, 3.05) is 0 Å². The smallest absolute Gasteiger partial charge is 0.267 e. The monoisotopic (exact) mass is 497 g/mol. The molecule has 0 radical (unpaired) electrons. The lowest BCUT2D eigenvalue weighted by Gasteiger charge is -2.12. The number of rotatable bonds is 6. The van der Waals surface area contributed by atoms with Crippen molar-refractivity contribution in [3.63, 3.8) is 0 Å². The molecule has 4 aromatic rings. The number of amidine groups is 1. The molecule has 1 aromatic heterocycles. The highest BCUT2D eigenvalue weighted by atomic mass is 35.5. The molecule has 3 aromatic carbocycles. The predicted molar refractivity (Wildman–Crippen MR) is 143 cm³/mol. The number of thioether (sulfide) groups is 1. The number of furan rings is 1. The van der Waals surface area contributed by atoms with Gasteiger partial charge in [-0.05, 0) is 64.4 Å². The van der Waals surface area contributed by atoms with Gasteiger partial charge in [-0.1, -0.05) is 78.3 Å². The molecule has 0 unspecified atom stereocenters. The summed E-state index contributed by atoms with van der Waals surface area (Å²) in [6, 6.07) is 29.2. The molecule has 1 fully saturated rings. The van der Waals surface area contributed by atoms with E-state index in [4.69, 9.17) is 16.0 Å². The molecule has 1 aliphatic heterocycles. The molecule has 0 bridgehead atoms. The first-order valence-corrected chi connectivity index (χ1v) is 12.1. The third kappa shape index (κ3) is 5.62. The summed E-state index contributed by atoms with van der Waals surface area (Å²) in [4.78, 5) is 15.3. The van der Waals surface area contributed by atoms with Crippen molar-refractivity contribution >= 4 is 46.7 Å². The molecular weight excluding hydrogens is 478 g/mol. The van der Waals surface area contributed by atoms with Crippen molar-refractivity contribution in [1.82, 2.24) is 4.90 Å². The van der Waals surface area contributed by atoms with Gasteiger partial charge in [-0.25, -0.2) is 0 Å². The van der Waals surface area contributed by atoms with Gasteiger partial charge in [0.1, 0.15) is 5.76 Å². The van der Waals surface area contributed by atoms with Gasteiger partial charge in [-0.15, -0.1) is 5.10 Å². The highest BCUT2D eigenvalue weighted by molar-refractivity contribution is 8.18. The van der Waals surface area contributed by atoms with E-state index in [0.29, 0.717) is 20.9 Å². The maximum Gasteiger partial charge on any atom is 0.267 e. The lowest BCUT2D eigenvalue weighted by Crippen LogP contribution is -2.28. The fourth-order valence-electron chi connectivity index (χ4n) is 3.53. The third-order valence-corrected chi connectivity index (χ3v) is 6.57. The summed E-state index contributed by atoms with van der Waals surface area (Å²) in [7, 11) is 0. The topological polar surface area (TPSA) is 58.2 Å². The van der Waals surface area contributed by atoms with Gasteiger partial charge < -0.3 is 4.42 Å². The normalized spacial score (nSPS) is 16.1. The molecule has 0 atom stereocenters. The van der Waals surface area contributed by atoms with E-state index in [-0.39, 0.29) is 12.5 Å². The highest BCUT2D eigenvalue weighted by Crippen LogP contribution is 2.34. The van der Waals surface area contributed by atoms with Crippen molar-refractivity contribution in [3.8, 4) is 11.1 Å². The Labute approximate surface area is 212 Å². The second-order valence-corrected chi connectivity index (χ2v) is 9.19. The summed E-state index contributed by atoms with van der Waals surface area (Å²) in [6.45, 7) is 0.275. The number of nitrogens with zero attached hydrogens (tertiary/aromatic N) is 3. The lowest BCUT2D eigenvalue weighted by atomic mass is 10.0. The Bertz CT molecular complexity index is 1400. The number of carbonyl (C=O) groups is 1. The van der Waals surface area contributed by atoms with Gasteiger partial charge in [-0.2, -0.15) is 5.10 Å². The molecule has 1 aliphatic rings. The highest BCUT2D eigenvalue weighted by Gasteiger charge is 2.34. The summed E-state index contributed by atoms with van der Waals surface area (Å²) < 4.78 is 5.45. The van der Waals surface area contributed by atoms with E-state index in [1.54, 1.807) is 35.6 Å². The fraction of sp³-hybridized carbons (Fsp3) is 0.0357. The van der Waals surface area contributed by atoms with Crippen molar-refractivity contribution in [2.24, 2.45) is 10.2 Å². The Morgan fingerprint density at radius 2 is 1.57 bits per heavy atom. The summed E-state index contributed by atoms with van der Waals surface area (Å²) in [5, 5.41) is 9.77. The van der Waals surface area contributed by atoms with Crippen molar-refractivity contribution < 1.29 is 9.21 Å². The second kappa shape index (κ2) is 10.6. The Morgan fingerprint density at radius 3 is 2.29 bits per heavy atom. The van der Waals surface area contributed by atoms with Gasteiger partial charge in [0.25, 0.3) is 5.91 Å². The molecule has 2 heterocycles. The van der Waals surface area contributed by atoms with Crippen LogP contribution in [0, 0.1) is 0 Å². The summed E-state index contributed by atoms with van der Waals surface area (Å²) in [5.41, 5.74) is 4.09. The van der Waals surface area contributed by atoms with Crippen molar-refractivity contribution in [3.05, 3.63) is 124 Å². The zero-order valence-electron chi connectivity index (χ0n) is 18.5. The summed E-state index contributed by atoms with van der Waals surface area (Å²) in [5.74, 6) is 0.516. The minimum Gasteiger partial charge on any atom is -0.467 e. The van der Waals surface area contributed by atoms with Crippen LogP contribution in [-0.4, -0.2) is 22.2 Å². The Hall–Kier alpha value is -3.87. The van der Waals surface area contributed by atoms with Crippen LogP contribution in [0.5, 0.6) is 0 Å². The molecule has 1 saturated heterocycles. The number of carbonyl (C=O) groups excluding carboxylic acids is 1. The van der Waals surface area contributed by atoms with Crippen LogP contribution in [0.2, 0.25) is 5.02 Å². The predicted octanol–water partition coefficient (Wildman–Crippen LogP) is 7.11. The lowest BCUT2D eigenvalue weighted by molar-refractivity contribution is -0.122. The van der Waals surface area contributed by atoms with Gasteiger partial charge in [0, 0.05) is 5.02 Å². The molecule has 0 saturated carbocycles. The average Bonchev–Trinajstić information content (AvgIpc) is 3.51. The van der Waals surface area contributed by atoms with Crippen LogP contribution in [-0.2, 0) is 11.3 Å². The van der Waals surface area contributed by atoms with Crippen molar-refractivity contribution in [2.45, 2.75) is 6.54 Å². The first-order chi connectivity index (χ1) is 17.2. The van der Waals surface area contributed by atoms with Crippen molar-refractivity contribution in [1.29, 1.82) is 0 Å². The van der Waals surface area contributed by atoms with Crippen LogP contribution in [0.1, 0.15) is 16.9 Å². The first kappa shape index (κ1) is 22.9. The quantitative estimate of drug-likeness (QED) is 0.162. The minimum atomic E-state index is -0.150. The molecule has 1 amide bonds. The summed E-state index contributed by atoms with van der Waals surface area (Å²) in [6.07, 6.45) is 5.09. The third-order valence-electron chi connectivity index (χ3n) is 5.32. The second-order valence-electron chi connectivity index (χ2n) is 7.75. The van der Waals surface area contributed by atoms with Crippen LogP contribution in [0.3, 0.4) is 0 Å². The Morgan fingerprint density at radius 1 is 0.857 bits per heavy atom. The fourth-order valence-corrected chi connectivity index (χ4v) is 4.59. The summed E-state index contributed by atoms with van der Waals surface area (Å²) >= 11 is 7.27. The van der Waals surface area contributed by atoms with Gasteiger partial charge in [-0.3, -0.25) is 9.69 Å². The van der Waals surface area contributed by atoms with Crippen LogP contribution in [0.15, 0.2) is 117 Å². The van der Waals surface area contributed by atoms with E-state index in [1.807, 2.05) is 66.7 Å². The molecular formula is C28H20ClN3O2S. The largest absolute Gasteiger partial charge is 0.467 e. The first-order valence-electron chi connectivity index (χ1n) is 10.9. The molecule has 0 spiro atoms. The maximum absolute atomic E-state index is 13.2.